The van der Waals surface area contributed by atoms with Gasteiger partial charge in [0, 0.05) is 22.1 Å². The van der Waals surface area contributed by atoms with E-state index in [1.54, 1.807) is 0 Å². The topological polar surface area (TPSA) is 12.0 Å². The second-order valence-electron chi connectivity index (χ2n) is 4.86. The van der Waals surface area contributed by atoms with Gasteiger partial charge in [-0.15, -0.1) is 0 Å². The van der Waals surface area contributed by atoms with E-state index in [4.69, 9.17) is 23.2 Å². The van der Waals surface area contributed by atoms with Crippen LogP contribution in [-0.4, -0.2) is 5.54 Å². The molecule has 2 rings (SSSR count). The highest BCUT2D eigenvalue weighted by atomic mass is 35.5. The van der Waals surface area contributed by atoms with Crippen LogP contribution in [-0.2, 0) is 6.54 Å². The van der Waals surface area contributed by atoms with Crippen LogP contribution >= 0.6 is 23.2 Å². The van der Waals surface area contributed by atoms with Crippen LogP contribution in [0.2, 0.25) is 10.0 Å². The second-order valence-corrected chi connectivity index (χ2v) is 5.70. The summed E-state index contributed by atoms with van der Waals surface area (Å²) in [7, 11) is 0. The molecule has 0 bridgehead atoms. The average molecular weight is 258 g/mol. The summed E-state index contributed by atoms with van der Waals surface area (Å²) >= 11 is 12.1. The molecule has 0 amide bonds. The van der Waals surface area contributed by atoms with Gasteiger partial charge in [0.05, 0.1) is 0 Å². The molecule has 16 heavy (non-hydrogen) atoms. The summed E-state index contributed by atoms with van der Waals surface area (Å²) < 4.78 is 0. The van der Waals surface area contributed by atoms with E-state index in [0.29, 0.717) is 0 Å². The fraction of sp³-hybridized carbons (Fsp3) is 0.538. The standard InChI is InChI=1S/C13H17Cl2N/c1-13(6-2-3-7-13)16-9-10-8-11(14)4-5-12(10)15/h4-5,8,16H,2-3,6-7,9H2,1H3. The Morgan fingerprint density at radius 1 is 1.25 bits per heavy atom. The van der Waals surface area contributed by atoms with Crippen LogP contribution in [0.3, 0.4) is 0 Å². The smallest absolute Gasteiger partial charge is 0.0451 e. The van der Waals surface area contributed by atoms with Gasteiger partial charge in [-0.25, -0.2) is 0 Å². The Kier molecular flexibility index (Phi) is 3.78. The normalized spacial score (nSPS) is 18.9. The molecule has 1 fully saturated rings. The van der Waals surface area contributed by atoms with Crippen molar-refractivity contribution in [1.82, 2.24) is 5.32 Å². The highest BCUT2D eigenvalue weighted by Gasteiger charge is 2.27. The van der Waals surface area contributed by atoms with Gasteiger partial charge in [-0.2, -0.15) is 0 Å². The zero-order valence-corrected chi connectivity index (χ0v) is 11.0. The lowest BCUT2D eigenvalue weighted by Gasteiger charge is -2.25. The van der Waals surface area contributed by atoms with Crippen LogP contribution in [0.1, 0.15) is 38.2 Å². The Balaban J connectivity index is 2.01. The molecule has 1 nitrogen and oxygen atoms in total. The number of hydrogen-bond donors (Lipinski definition) is 1. The molecule has 0 radical (unpaired) electrons. The van der Waals surface area contributed by atoms with Crippen LogP contribution < -0.4 is 5.32 Å². The predicted octanol–water partition coefficient (Wildman–Crippen LogP) is 4.42. The van der Waals surface area contributed by atoms with Crippen molar-refractivity contribution in [1.29, 1.82) is 0 Å². The molecule has 1 saturated carbocycles. The van der Waals surface area contributed by atoms with Crippen molar-refractivity contribution in [3.8, 4) is 0 Å². The van der Waals surface area contributed by atoms with Gasteiger partial charge < -0.3 is 5.32 Å². The summed E-state index contributed by atoms with van der Waals surface area (Å²) in [4.78, 5) is 0. The molecule has 0 atom stereocenters. The van der Waals surface area contributed by atoms with E-state index in [9.17, 15) is 0 Å². The molecule has 1 aliphatic rings. The fourth-order valence-electron chi connectivity index (χ4n) is 2.32. The minimum Gasteiger partial charge on any atom is -0.307 e. The third-order valence-electron chi connectivity index (χ3n) is 3.42. The van der Waals surface area contributed by atoms with E-state index in [1.807, 2.05) is 18.2 Å². The van der Waals surface area contributed by atoms with Crippen molar-refractivity contribution in [3.63, 3.8) is 0 Å². The van der Waals surface area contributed by atoms with Gasteiger partial charge in [0.25, 0.3) is 0 Å². The lowest BCUT2D eigenvalue weighted by Crippen LogP contribution is -2.38. The Morgan fingerprint density at radius 3 is 2.62 bits per heavy atom. The Morgan fingerprint density at radius 2 is 1.94 bits per heavy atom. The van der Waals surface area contributed by atoms with E-state index in [1.165, 1.54) is 25.7 Å². The van der Waals surface area contributed by atoms with Gasteiger partial charge in [-0.3, -0.25) is 0 Å². The highest BCUT2D eigenvalue weighted by Crippen LogP contribution is 2.30. The SMILES string of the molecule is CC1(NCc2cc(Cl)ccc2Cl)CCCC1. The molecular formula is C13H17Cl2N. The first kappa shape index (κ1) is 12.2. The minimum absolute atomic E-state index is 0.283. The van der Waals surface area contributed by atoms with E-state index >= 15 is 0 Å². The van der Waals surface area contributed by atoms with Gasteiger partial charge in [0.2, 0.25) is 0 Å². The van der Waals surface area contributed by atoms with E-state index in [2.05, 4.69) is 12.2 Å². The molecule has 0 spiro atoms. The van der Waals surface area contributed by atoms with Crippen LogP contribution in [0, 0.1) is 0 Å². The van der Waals surface area contributed by atoms with Gasteiger partial charge >= 0.3 is 0 Å². The van der Waals surface area contributed by atoms with E-state index in [0.717, 1.165) is 22.2 Å². The molecule has 1 aliphatic carbocycles. The molecule has 1 N–H and O–H groups in total. The maximum atomic E-state index is 6.13. The van der Waals surface area contributed by atoms with E-state index in [-0.39, 0.29) is 5.54 Å². The van der Waals surface area contributed by atoms with Crippen molar-refractivity contribution in [2.75, 3.05) is 0 Å². The lowest BCUT2D eigenvalue weighted by molar-refractivity contribution is 0.363. The van der Waals surface area contributed by atoms with Crippen LogP contribution in [0.25, 0.3) is 0 Å². The molecule has 0 heterocycles. The first-order valence-corrected chi connectivity index (χ1v) is 6.54. The summed E-state index contributed by atoms with van der Waals surface area (Å²) in [6, 6.07) is 5.62. The van der Waals surface area contributed by atoms with Crippen molar-refractivity contribution in [3.05, 3.63) is 33.8 Å². The Hall–Kier alpha value is -0.240. The summed E-state index contributed by atoms with van der Waals surface area (Å²) in [5, 5.41) is 5.14. The number of halogens is 2. The van der Waals surface area contributed by atoms with Crippen molar-refractivity contribution in [2.45, 2.75) is 44.7 Å². The Labute approximate surface area is 107 Å². The first-order chi connectivity index (χ1) is 7.59. The predicted molar refractivity (Wildman–Crippen MR) is 70.2 cm³/mol. The molecule has 0 aromatic heterocycles. The fourth-order valence-corrected chi connectivity index (χ4v) is 2.70. The summed E-state index contributed by atoms with van der Waals surface area (Å²) in [6.07, 6.45) is 5.16. The van der Waals surface area contributed by atoms with Crippen LogP contribution in [0.15, 0.2) is 18.2 Å². The summed E-state index contributed by atoms with van der Waals surface area (Å²) in [5.41, 5.74) is 1.37. The number of benzene rings is 1. The number of hydrogen-bond acceptors (Lipinski definition) is 1. The average Bonchev–Trinajstić information content (AvgIpc) is 2.67. The molecule has 3 heteroatoms. The molecule has 1 aromatic rings. The van der Waals surface area contributed by atoms with Crippen molar-refractivity contribution >= 4 is 23.2 Å². The third-order valence-corrected chi connectivity index (χ3v) is 4.02. The zero-order chi connectivity index (χ0) is 11.6. The van der Waals surface area contributed by atoms with Crippen molar-refractivity contribution < 1.29 is 0 Å². The first-order valence-electron chi connectivity index (χ1n) is 5.78. The largest absolute Gasteiger partial charge is 0.307 e. The molecule has 1 aromatic carbocycles. The van der Waals surface area contributed by atoms with Gasteiger partial charge in [-0.05, 0) is 43.5 Å². The van der Waals surface area contributed by atoms with Gasteiger partial charge in [-0.1, -0.05) is 36.0 Å². The quantitative estimate of drug-likeness (QED) is 0.846. The highest BCUT2D eigenvalue weighted by molar-refractivity contribution is 6.33. The van der Waals surface area contributed by atoms with Gasteiger partial charge in [0.15, 0.2) is 0 Å². The van der Waals surface area contributed by atoms with Crippen LogP contribution in [0.4, 0.5) is 0 Å². The minimum atomic E-state index is 0.283. The molecular weight excluding hydrogens is 241 g/mol. The second kappa shape index (κ2) is 4.95. The number of nitrogens with one attached hydrogen (secondary N) is 1. The lowest BCUT2D eigenvalue weighted by atomic mass is 10.0. The van der Waals surface area contributed by atoms with Gasteiger partial charge in [0.1, 0.15) is 0 Å². The van der Waals surface area contributed by atoms with Crippen LogP contribution in [0.5, 0.6) is 0 Å². The third kappa shape index (κ3) is 2.91. The monoisotopic (exact) mass is 257 g/mol. The zero-order valence-electron chi connectivity index (χ0n) is 9.52. The maximum absolute atomic E-state index is 6.13. The molecule has 0 saturated heterocycles. The Bertz CT molecular complexity index is 370. The van der Waals surface area contributed by atoms with E-state index < -0.39 is 0 Å². The summed E-state index contributed by atoms with van der Waals surface area (Å²) in [5.74, 6) is 0. The van der Waals surface area contributed by atoms with Crippen molar-refractivity contribution in [2.24, 2.45) is 0 Å². The summed E-state index contributed by atoms with van der Waals surface area (Å²) in [6.45, 7) is 3.09. The molecule has 0 unspecified atom stereocenters. The maximum Gasteiger partial charge on any atom is 0.0451 e. The number of rotatable bonds is 3. The molecule has 88 valence electrons. The molecule has 0 aliphatic heterocycles.